The van der Waals surface area contributed by atoms with E-state index in [1.165, 1.54) is 23.6 Å². The molecule has 1 aromatic heterocycles. The lowest BCUT2D eigenvalue weighted by atomic mass is 10.3. The van der Waals surface area contributed by atoms with E-state index >= 15 is 0 Å². The van der Waals surface area contributed by atoms with Gasteiger partial charge >= 0.3 is 0 Å². The van der Waals surface area contributed by atoms with E-state index in [1.54, 1.807) is 18.2 Å². The first-order valence-electron chi connectivity index (χ1n) is 6.50. The van der Waals surface area contributed by atoms with Gasteiger partial charge in [0.05, 0.1) is 10.6 Å². The summed E-state index contributed by atoms with van der Waals surface area (Å²) in [5.74, 6) is 0.377. The van der Waals surface area contributed by atoms with Crippen LogP contribution in [0.15, 0.2) is 51.8 Å². The smallest absolute Gasteiger partial charge is 0.270 e. The van der Waals surface area contributed by atoms with Crippen LogP contribution in [0.25, 0.3) is 6.08 Å². The van der Waals surface area contributed by atoms with Gasteiger partial charge in [0, 0.05) is 13.0 Å². The normalized spacial score (nSPS) is 16.6. The van der Waals surface area contributed by atoms with Crippen molar-refractivity contribution in [1.29, 1.82) is 0 Å². The Morgan fingerprint density at radius 3 is 2.59 bits per heavy atom. The summed E-state index contributed by atoms with van der Waals surface area (Å²) < 4.78 is 5.85. The number of hydrogen-bond acceptors (Lipinski definition) is 5. The van der Waals surface area contributed by atoms with Crippen LogP contribution in [0.5, 0.6) is 0 Å². The number of amides is 1. The van der Waals surface area contributed by atoms with Crippen molar-refractivity contribution in [2.75, 3.05) is 4.90 Å². The van der Waals surface area contributed by atoms with Gasteiger partial charge in [-0.1, -0.05) is 42.2 Å². The van der Waals surface area contributed by atoms with Crippen molar-refractivity contribution in [2.45, 2.75) is 6.92 Å². The summed E-state index contributed by atoms with van der Waals surface area (Å²) in [5.41, 5.74) is 0.734. The SMILES string of the molecule is CC(=O)c1ccc(C=C2SC(=S)N(c3ccccc3)C2=O)o1. The average molecular weight is 329 g/mol. The highest BCUT2D eigenvalue weighted by atomic mass is 32.2. The second-order valence-electron chi connectivity index (χ2n) is 4.61. The van der Waals surface area contributed by atoms with Crippen LogP contribution in [-0.2, 0) is 4.79 Å². The molecule has 1 aliphatic rings. The van der Waals surface area contributed by atoms with E-state index in [1.807, 2.05) is 30.3 Å². The maximum Gasteiger partial charge on any atom is 0.270 e. The number of carbonyl (C=O) groups excluding carboxylic acids is 2. The first-order chi connectivity index (χ1) is 10.6. The van der Waals surface area contributed by atoms with Gasteiger partial charge in [0.2, 0.25) is 0 Å². The highest BCUT2D eigenvalue weighted by molar-refractivity contribution is 8.27. The Balaban J connectivity index is 1.90. The second kappa shape index (κ2) is 5.90. The third-order valence-corrected chi connectivity index (χ3v) is 4.36. The monoisotopic (exact) mass is 329 g/mol. The van der Waals surface area contributed by atoms with Crippen molar-refractivity contribution in [1.82, 2.24) is 0 Å². The standard InChI is InChI=1S/C16H11NO3S2/c1-10(18)13-8-7-12(20-13)9-14-15(19)17(16(21)22-14)11-5-3-2-4-6-11/h2-9H,1H3. The number of thioether (sulfide) groups is 1. The number of nitrogens with zero attached hydrogens (tertiary/aromatic N) is 1. The van der Waals surface area contributed by atoms with Gasteiger partial charge in [-0.3, -0.25) is 14.5 Å². The number of thiocarbonyl (C=S) groups is 1. The molecule has 0 unspecified atom stereocenters. The number of para-hydroxylation sites is 1. The highest BCUT2D eigenvalue weighted by Gasteiger charge is 2.33. The molecule has 1 aromatic carbocycles. The zero-order chi connectivity index (χ0) is 15.7. The number of rotatable bonds is 3. The zero-order valence-corrected chi connectivity index (χ0v) is 13.2. The highest BCUT2D eigenvalue weighted by Crippen LogP contribution is 2.36. The van der Waals surface area contributed by atoms with E-state index in [0.29, 0.717) is 15.0 Å². The van der Waals surface area contributed by atoms with Crippen LogP contribution < -0.4 is 4.90 Å². The van der Waals surface area contributed by atoms with Crippen LogP contribution in [0.3, 0.4) is 0 Å². The van der Waals surface area contributed by atoms with Crippen LogP contribution in [0.4, 0.5) is 5.69 Å². The molecule has 1 saturated heterocycles. The molecule has 0 radical (unpaired) electrons. The van der Waals surface area contributed by atoms with Crippen LogP contribution in [0.1, 0.15) is 23.2 Å². The Bertz CT molecular complexity index is 793. The summed E-state index contributed by atoms with van der Waals surface area (Å²) in [4.78, 5) is 25.7. The molecule has 0 atom stereocenters. The number of hydrogen-bond donors (Lipinski definition) is 0. The van der Waals surface area contributed by atoms with E-state index in [-0.39, 0.29) is 17.5 Å². The second-order valence-corrected chi connectivity index (χ2v) is 6.29. The summed E-state index contributed by atoms with van der Waals surface area (Å²) in [6.45, 7) is 1.43. The Morgan fingerprint density at radius 2 is 1.95 bits per heavy atom. The quantitative estimate of drug-likeness (QED) is 0.486. The fourth-order valence-electron chi connectivity index (χ4n) is 2.02. The molecule has 2 heterocycles. The van der Waals surface area contributed by atoms with Gasteiger partial charge in [-0.05, 0) is 24.3 Å². The molecule has 2 aromatic rings. The molecule has 1 amide bonds. The maximum absolute atomic E-state index is 12.5. The van der Waals surface area contributed by atoms with Gasteiger partial charge in [-0.15, -0.1) is 0 Å². The number of ketones is 1. The molecule has 6 heteroatoms. The number of Topliss-reactive ketones (excluding diaryl/α,β-unsaturated/α-hetero) is 1. The molecule has 22 heavy (non-hydrogen) atoms. The molecule has 0 aliphatic carbocycles. The molecular formula is C16H11NO3S2. The van der Waals surface area contributed by atoms with E-state index in [9.17, 15) is 9.59 Å². The van der Waals surface area contributed by atoms with Crippen molar-refractivity contribution in [3.63, 3.8) is 0 Å². The summed E-state index contributed by atoms with van der Waals surface area (Å²) >= 11 is 6.50. The Morgan fingerprint density at radius 1 is 1.23 bits per heavy atom. The Kier molecular flexibility index (Phi) is 3.96. The summed E-state index contributed by atoms with van der Waals surface area (Å²) in [6, 6.07) is 12.5. The summed E-state index contributed by atoms with van der Waals surface area (Å²) in [6.07, 6.45) is 1.61. The van der Waals surface area contributed by atoms with E-state index < -0.39 is 0 Å². The summed E-state index contributed by atoms with van der Waals surface area (Å²) in [5, 5.41) is 0. The molecule has 3 rings (SSSR count). The van der Waals surface area contributed by atoms with Crippen LogP contribution in [0.2, 0.25) is 0 Å². The lowest BCUT2D eigenvalue weighted by Crippen LogP contribution is -2.27. The molecule has 1 aliphatic heterocycles. The minimum Gasteiger partial charge on any atom is -0.454 e. The molecule has 0 bridgehead atoms. The lowest BCUT2D eigenvalue weighted by molar-refractivity contribution is -0.113. The number of anilines is 1. The topological polar surface area (TPSA) is 50.5 Å². The molecule has 0 saturated carbocycles. The van der Waals surface area contributed by atoms with E-state index in [0.717, 1.165) is 5.69 Å². The minimum absolute atomic E-state index is 0.156. The maximum atomic E-state index is 12.5. The Labute approximate surface area is 136 Å². The number of carbonyl (C=O) groups is 2. The molecular weight excluding hydrogens is 318 g/mol. The third-order valence-electron chi connectivity index (χ3n) is 3.06. The van der Waals surface area contributed by atoms with E-state index in [2.05, 4.69) is 0 Å². The van der Waals surface area contributed by atoms with E-state index in [4.69, 9.17) is 16.6 Å². The van der Waals surface area contributed by atoms with Crippen LogP contribution in [0, 0.1) is 0 Å². The van der Waals surface area contributed by atoms with Crippen molar-refractivity contribution in [3.05, 3.63) is 58.9 Å². The first kappa shape index (κ1) is 14.7. The van der Waals surface area contributed by atoms with Gasteiger partial charge < -0.3 is 4.42 Å². The summed E-state index contributed by atoms with van der Waals surface area (Å²) in [7, 11) is 0. The zero-order valence-electron chi connectivity index (χ0n) is 11.6. The predicted molar refractivity (Wildman–Crippen MR) is 90.8 cm³/mol. The third kappa shape index (κ3) is 2.75. The average Bonchev–Trinajstić information content (AvgIpc) is 3.06. The Hall–Kier alpha value is -2.18. The fraction of sp³-hybridized carbons (Fsp3) is 0.0625. The van der Waals surface area contributed by atoms with Crippen molar-refractivity contribution >= 4 is 51.8 Å². The minimum atomic E-state index is -0.193. The van der Waals surface area contributed by atoms with Crippen LogP contribution >= 0.6 is 24.0 Å². The first-order valence-corrected chi connectivity index (χ1v) is 7.72. The lowest BCUT2D eigenvalue weighted by Gasteiger charge is -2.13. The van der Waals surface area contributed by atoms with Gasteiger partial charge in [0.15, 0.2) is 15.9 Å². The molecule has 1 fully saturated rings. The van der Waals surface area contributed by atoms with Gasteiger partial charge in [0.25, 0.3) is 5.91 Å². The number of furan rings is 1. The van der Waals surface area contributed by atoms with Gasteiger partial charge in [-0.2, -0.15) is 0 Å². The predicted octanol–water partition coefficient (Wildman–Crippen LogP) is 3.89. The molecule has 110 valence electrons. The van der Waals surface area contributed by atoms with Crippen molar-refractivity contribution < 1.29 is 14.0 Å². The van der Waals surface area contributed by atoms with Gasteiger partial charge in [-0.25, -0.2) is 0 Å². The molecule has 0 spiro atoms. The van der Waals surface area contributed by atoms with Gasteiger partial charge in [0.1, 0.15) is 5.76 Å². The number of benzene rings is 1. The van der Waals surface area contributed by atoms with Crippen molar-refractivity contribution in [3.8, 4) is 0 Å². The molecule has 4 nitrogen and oxygen atoms in total. The van der Waals surface area contributed by atoms with Crippen molar-refractivity contribution in [2.24, 2.45) is 0 Å². The molecule has 0 N–H and O–H groups in total. The van der Waals surface area contributed by atoms with Crippen LogP contribution in [-0.4, -0.2) is 16.0 Å². The largest absolute Gasteiger partial charge is 0.454 e. The fourth-order valence-corrected chi connectivity index (χ4v) is 3.30.